The van der Waals surface area contributed by atoms with Gasteiger partial charge in [0.15, 0.2) is 0 Å². The van der Waals surface area contributed by atoms with Gasteiger partial charge in [0.25, 0.3) is 0 Å². The predicted molar refractivity (Wildman–Crippen MR) is 112 cm³/mol. The number of fused-ring (bicyclic) bond motifs is 1. The highest BCUT2D eigenvalue weighted by Crippen LogP contribution is 2.25. The van der Waals surface area contributed by atoms with Crippen molar-refractivity contribution in [1.82, 2.24) is 4.90 Å². The molecule has 2 aliphatic rings. The fraction of sp³-hybridized carbons (Fsp3) is 0.333. The summed E-state index contributed by atoms with van der Waals surface area (Å²) >= 11 is 5.95. The van der Waals surface area contributed by atoms with E-state index in [1.807, 2.05) is 42.5 Å². The molecule has 0 spiro atoms. The molecular weight excluding hydrogens is 376 g/mol. The second-order valence-corrected chi connectivity index (χ2v) is 7.64. The Balaban J connectivity index is 1.28. The van der Waals surface area contributed by atoms with Crippen molar-refractivity contribution < 1.29 is 9.59 Å². The Bertz CT molecular complexity index is 876. The zero-order valence-electron chi connectivity index (χ0n) is 15.6. The van der Waals surface area contributed by atoms with Crippen LogP contribution in [0.15, 0.2) is 42.5 Å². The smallest absolute Gasteiger partial charge is 0.238 e. The molecule has 28 heavy (non-hydrogen) atoms. The molecule has 2 aliphatic heterocycles. The van der Waals surface area contributed by atoms with Crippen LogP contribution in [-0.4, -0.2) is 49.4 Å². The summed E-state index contributed by atoms with van der Waals surface area (Å²) in [7, 11) is 0. The van der Waals surface area contributed by atoms with Gasteiger partial charge < -0.3 is 15.5 Å². The van der Waals surface area contributed by atoms with E-state index in [1.165, 1.54) is 0 Å². The first kappa shape index (κ1) is 18.8. The summed E-state index contributed by atoms with van der Waals surface area (Å²) in [4.78, 5) is 28.4. The number of carbonyl (C=O) groups is 2. The van der Waals surface area contributed by atoms with E-state index in [-0.39, 0.29) is 11.8 Å². The van der Waals surface area contributed by atoms with E-state index in [0.29, 0.717) is 19.4 Å². The van der Waals surface area contributed by atoms with E-state index < -0.39 is 0 Å². The summed E-state index contributed by atoms with van der Waals surface area (Å²) in [5.41, 5.74) is 3.84. The summed E-state index contributed by atoms with van der Waals surface area (Å²) in [5.74, 6) is 0.0294. The average molecular weight is 399 g/mol. The topological polar surface area (TPSA) is 64.7 Å². The van der Waals surface area contributed by atoms with E-state index in [1.54, 1.807) is 0 Å². The molecule has 0 unspecified atom stereocenters. The molecular formula is C21H23ClN4O2. The maximum Gasteiger partial charge on any atom is 0.238 e. The van der Waals surface area contributed by atoms with Gasteiger partial charge >= 0.3 is 0 Å². The zero-order valence-corrected chi connectivity index (χ0v) is 16.3. The first-order valence-electron chi connectivity index (χ1n) is 9.52. The molecule has 2 N–H and O–H groups in total. The Kier molecular flexibility index (Phi) is 5.50. The number of nitrogens with zero attached hydrogens (tertiary/aromatic N) is 2. The van der Waals surface area contributed by atoms with Gasteiger partial charge in [-0.1, -0.05) is 11.6 Å². The Morgan fingerprint density at radius 2 is 1.79 bits per heavy atom. The van der Waals surface area contributed by atoms with Gasteiger partial charge in [-0.3, -0.25) is 14.5 Å². The van der Waals surface area contributed by atoms with Gasteiger partial charge in [0.05, 0.1) is 6.54 Å². The number of piperazine rings is 1. The maximum atomic E-state index is 12.4. The van der Waals surface area contributed by atoms with Crippen molar-refractivity contribution in [2.45, 2.75) is 12.8 Å². The van der Waals surface area contributed by atoms with Gasteiger partial charge in [-0.15, -0.1) is 0 Å². The highest BCUT2D eigenvalue weighted by Gasteiger charge is 2.20. The lowest BCUT2D eigenvalue weighted by Crippen LogP contribution is -2.48. The van der Waals surface area contributed by atoms with Crippen LogP contribution in [-0.2, 0) is 16.0 Å². The van der Waals surface area contributed by atoms with Crippen LogP contribution in [0.1, 0.15) is 12.0 Å². The van der Waals surface area contributed by atoms with E-state index >= 15 is 0 Å². The number of halogens is 1. The van der Waals surface area contributed by atoms with E-state index in [9.17, 15) is 9.59 Å². The SMILES string of the molecule is O=C(CN1CCN(c2ccc(Cl)cc2)CC1)Nc1ccc2c(c1)CCC(=O)N2. The van der Waals surface area contributed by atoms with Crippen LogP contribution in [0.2, 0.25) is 5.02 Å². The van der Waals surface area contributed by atoms with Gasteiger partial charge in [-0.2, -0.15) is 0 Å². The molecule has 0 radical (unpaired) electrons. The van der Waals surface area contributed by atoms with Crippen LogP contribution in [0.4, 0.5) is 17.1 Å². The van der Waals surface area contributed by atoms with Crippen molar-refractivity contribution >= 4 is 40.5 Å². The molecule has 0 aliphatic carbocycles. The molecule has 2 aromatic rings. The Morgan fingerprint density at radius 1 is 1.04 bits per heavy atom. The molecule has 0 aromatic heterocycles. The minimum absolute atomic E-state index is 0.0141. The fourth-order valence-corrected chi connectivity index (χ4v) is 3.81. The highest BCUT2D eigenvalue weighted by molar-refractivity contribution is 6.30. The van der Waals surface area contributed by atoms with Crippen molar-refractivity contribution in [1.29, 1.82) is 0 Å². The molecule has 4 rings (SSSR count). The summed E-state index contributed by atoms with van der Waals surface area (Å²) in [6, 6.07) is 13.5. The molecule has 2 aromatic carbocycles. The molecule has 2 amide bonds. The standard InChI is InChI=1S/C21H23ClN4O2/c22-16-2-5-18(6-3-16)26-11-9-25(10-12-26)14-21(28)23-17-4-7-19-15(13-17)1-8-20(27)24-19/h2-7,13H,1,8-12,14H2,(H,23,28)(H,24,27). The lowest BCUT2D eigenvalue weighted by Gasteiger charge is -2.35. The van der Waals surface area contributed by atoms with Gasteiger partial charge in [-0.05, 0) is 54.4 Å². The lowest BCUT2D eigenvalue weighted by molar-refractivity contribution is -0.117. The van der Waals surface area contributed by atoms with E-state index in [4.69, 9.17) is 11.6 Å². The number of carbonyl (C=O) groups excluding carboxylic acids is 2. The minimum Gasteiger partial charge on any atom is -0.369 e. The van der Waals surface area contributed by atoms with E-state index in [0.717, 1.165) is 53.8 Å². The molecule has 146 valence electrons. The number of anilines is 3. The number of benzene rings is 2. The van der Waals surface area contributed by atoms with Crippen molar-refractivity contribution in [3.8, 4) is 0 Å². The largest absolute Gasteiger partial charge is 0.369 e. The summed E-state index contributed by atoms with van der Waals surface area (Å²) < 4.78 is 0. The number of nitrogens with one attached hydrogen (secondary N) is 2. The van der Waals surface area contributed by atoms with Crippen molar-refractivity contribution in [2.75, 3.05) is 48.3 Å². The summed E-state index contributed by atoms with van der Waals surface area (Å²) in [6.45, 7) is 3.82. The Labute approximate surface area is 169 Å². The van der Waals surface area contributed by atoms with Gasteiger partial charge in [0, 0.05) is 54.7 Å². The van der Waals surface area contributed by atoms with E-state index in [2.05, 4.69) is 20.4 Å². The molecule has 1 saturated heterocycles. The number of amides is 2. The third kappa shape index (κ3) is 4.46. The number of rotatable bonds is 4. The third-order valence-electron chi connectivity index (χ3n) is 5.22. The number of hydrogen-bond donors (Lipinski definition) is 2. The fourth-order valence-electron chi connectivity index (χ4n) is 3.68. The first-order chi connectivity index (χ1) is 13.6. The van der Waals surface area contributed by atoms with Crippen LogP contribution in [0.25, 0.3) is 0 Å². The molecule has 7 heteroatoms. The summed E-state index contributed by atoms with van der Waals surface area (Å²) in [6.07, 6.45) is 1.19. The number of aryl methyl sites for hydroxylation is 1. The van der Waals surface area contributed by atoms with Crippen LogP contribution >= 0.6 is 11.6 Å². The maximum absolute atomic E-state index is 12.4. The minimum atomic E-state index is -0.0141. The quantitative estimate of drug-likeness (QED) is 0.831. The second kappa shape index (κ2) is 8.20. The molecule has 0 atom stereocenters. The monoisotopic (exact) mass is 398 g/mol. The van der Waals surface area contributed by atoms with Crippen molar-refractivity contribution in [3.05, 3.63) is 53.1 Å². The van der Waals surface area contributed by atoms with Crippen LogP contribution in [0.5, 0.6) is 0 Å². The Hall–Kier alpha value is -2.57. The molecule has 0 saturated carbocycles. The molecule has 2 heterocycles. The first-order valence-corrected chi connectivity index (χ1v) is 9.90. The van der Waals surface area contributed by atoms with Gasteiger partial charge in [0.1, 0.15) is 0 Å². The summed E-state index contributed by atoms with van der Waals surface area (Å²) in [5, 5.41) is 6.57. The normalized spacial score (nSPS) is 17.0. The van der Waals surface area contributed by atoms with Crippen molar-refractivity contribution in [3.63, 3.8) is 0 Å². The third-order valence-corrected chi connectivity index (χ3v) is 5.47. The van der Waals surface area contributed by atoms with Crippen LogP contribution in [0, 0.1) is 0 Å². The second-order valence-electron chi connectivity index (χ2n) is 7.21. The molecule has 0 bridgehead atoms. The number of hydrogen-bond acceptors (Lipinski definition) is 4. The zero-order chi connectivity index (χ0) is 19.5. The highest BCUT2D eigenvalue weighted by atomic mass is 35.5. The van der Waals surface area contributed by atoms with Crippen LogP contribution < -0.4 is 15.5 Å². The molecule has 6 nitrogen and oxygen atoms in total. The van der Waals surface area contributed by atoms with Gasteiger partial charge in [0.2, 0.25) is 11.8 Å². The Morgan fingerprint density at radius 3 is 2.54 bits per heavy atom. The lowest BCUT2D eigenvalue weighted by atomic mass is 10.0. The van der Waals surface area contributed by atoms with Crippen LogP contribution in [0.3, 0.4) is 0 Å². The van der Waals surface area contributed by atoms with Gasteiger partial charge in [-0.25, -0.2) is 0 Å². The predicted octanol–water partition coefficient (Wildman–Crippen LogP) is 2.99. The average Bonchev–Trinajstić information content (AvgIpc) is 2.69. The van der Waals surface area contributed by atoms with Crippen molar-refractivity contribution in [2.24, 2.45) is 0 Å². The molecule has 1 fully saturated rings.